The van der Waals surface area contributed by atoms with Crippen LogP contribution in [0.4, 0.5) is 5.69 Å². The molecular formula is C17H23N5O2S. The molecule has 2 atom stereocenters. The summed E-state index contributed by atoms with van der Waals surface area (Å²) in [5.74, 6) is -0.131. The van der Waals surface area contributed by atoms with E-state index in [1.54, 1.807) is 4.90 Å². The lowest BCUT2D eigenvalue weighted by Gasteiger charge is -2.32. The van der Waals surface area contributed by atoms with Crippen molar-refractivity contribution < 1.29 is 9.59 Å². The second-order valence-electron chi connectivity index (χ2n) is 7.08. The summed E-state index contributed by atoms with van der Waals surface area (Å²) in [6.07, 6.45) is -0.291. The summed E-state index contributed by atoms with van der Waals surface area (Å²) >= 11 is 1.28. The van der Waals surface area contributed by atoms with Crippen molar-refractivity contribution >= 4 is 34.4 Å². The highest BCUT2D eigenvalue weighted by Gasteiger charge is 2.42. The minimum atomic E-state index is -0.291. The Bertz CT molecular complexity index is 686. The Labute approximate surface area is 151 Å². The summed E-state index contributed by atoms with van der Waals surface area (Å²) in [5, 5.41) is 3.46. The number of rotatable bonds is 3. The predicted molar refractivity (Wildman–Crippen MR) is 100 cm³/mol. The fourth-order valence-electron chi connectivity index (χ4n) is 2.77. The number of aliphatic imine (C=N–C) groups is 1. The van der Waals surface area contributed by atoms with Crippen molar-refractivity contribution in [3.05, 3.63) is 30.3 Å². The molecule has 0 bridgehead atoms. The second kappa shape index (κ2) is 7.15. The number of carbonyl (C=O) groups excluding carboxylic acids is 2. The van der Waals surface area contributed by atoms with E-state index in [1.165, 1.54) is 11.8 Å². The molecule has 0 aromatic heterocycles. The largest absolute Gasteiger partial charge is 0.351 e. The molecule has 1 aromatic carbocycles. The molecule has 1 fully saturated rings. The van der Waals surface area contributed by atoms with Crippen LogP contribution in [0.15, 0.2) is 35.3 Å². The fourth-order valence-corrected chi connectivity index (χ4v) is 3.61. The molecule has 3 rings (SSSR count). The number of nitrogens with one attached hydrogen (secondary N) is 3. The number of hydrogen-bond donors (Lipinski definition) is 3. The minimum Gasteiger partial charge on any atom is -0.351 e. The summed E-state index contributed by atoms with van der Waals surface area (Å²) in [6.45, 7) is 6.35. The van der Waals surface area contributed by atoms with E-state index < -0.39 is 0 Å². The third-order valence-corrected chi connectivity index (χ3v) is 4.75. The van der Waals surface area contributed by atoms with Gasteiger partial charge in [0, 0.05) is 12.1 Å². The highest BCUT2D eigenvalue weighted by atomic mass is 32.2. The van der Waals surface area contributed by atoms with Crippen molar-refractivity contribution in [3.8, 4) is 0 Å². The molecule has 134 valence electrons. The third-order valence-electron chi connectivity index (χ3n) is 3.79. The maximum absolute atomic E-state index is 12.9. The standard InChI is InChI=1S/C17H23N5O2S/c1-17(2,3)20-13(23)10-25-16-19-14-12(9-18-21-14)15(24)22(16)11-7-5-4-6-8-11/h4-8,12,14,18,21H,9-10H2,1-3H3,(H,20,23). The molecular weight excluding hydrogens is 338 g/mol. The average molecular weight is 361 g/mol. The molecule has 0 saturated carbocycles. The SMILES string of the molecule is CC(C)(C)NC(=O)CSC1=NC2NNCC2C(=O)N1c1ccccc1. The van der Waals surface area contributed by atoms with Crippen LogP contribution < -0.4 is 21.1 Å². The number of amides is 2. The van der Waals surface area contributed by atoms with Crippen molar-refractivity contribution in [2.45, 2.75) is 32.5 Å². The van der Waals surface area contributed by atoms with Crippen LogP contribution in [-0.4, -0.2) is 41.0 Å². The van der Waals surface area contributed by atoms with Crippen molar-refractivity contribution in [1.82, 2.24) is 16.2 Å². The maximum Gasteiger partial charge on any atom is 0.241 e. The molecule has 2 amide bonds. The molecule has 8 heteroatoms. The average Bonchev–Trinajstić information content (AvgIpc) is 3.01. The zero-order valence-electron chi connectivity index (χ0n) is 14.6. The first kappa shape index (κ1) is 17.9. The van der Waals surface area contributed by atoms with Gasteiger partial charge in [-0.25, -0.2) is 10.4 Å². The summed E-state index contributed by atoms with van der Waals surface area (Å²) in [7, 11) is 0. The van der Waals surface area contributed by atoms with E-state index in [0.29, 0.717) is 11.7 Å². The van der Waals surface area contributed by atoms with Crippen LogP contribution in [0, 0.1) is 5.92 Å². The van der Waals surface area contributed by atoms with Gasteiger partial charge in [-0.2, -0.15) is 0 Å². The monoisotopic (exact) mass is 361 g/mol. The van der Waals surface area contributed by atoms with Crippen LogP contribution in [0.25, 0.3) is 0 Å². The van der Waals surface area contributed by atoms with E-state index in [2.05, 4.69) is 21.2 Å². The molecule has 3 N–H and O–H groups in total. The number of amidine groups is 1. The number of para-hydroxylation sites is 1. The van der Waals surface area contributed by atoms with Crippen molar-refractivity contribution in [1.29, 1.82) is 0 Å². The zero-order chi connectivity index (χ0) is 18.0. The lowest BCUT2D eigenvalue weighted by Crippen LogP contribution is -2.50. The van der Waals surface area contributed by atoms with E-state index in [1.807, 2.05) is 51.1 Å². The van der Waals surface area contributed by atoms with Gasteiger partial charge in [0.15, 0.2) is 5.17 Å². The quantitative estimate of drug-likeness (QED) is 0.750. The molecule has 1 saturated heterocycles. The van der Waals surface area contributed by atoms with Gasteiger partial charge in [0.25, 0.3) is 0 Å². The minimum absolute atomic E-state index is 0.0116. The van der Waals surface area contributed by atoms with Gasteiger partial charge in [-0.15, -0.1) is 0 Å². The van der Waals surface area contributed by atoms with Crippen LogP contribution in [0.3, 0.4) is 0 Å². The fraction of sp³-hybridized carbons (Fsp3) is 0.471. The summed E-state index contributed by atoms with van der Waals surface area (Å²) in [4.78, 5) is 31.3. The van der Waals surface area contributed by atoms with Crippen LogP contribution >= 0.6 is 11.8 Å². The zero-order valence-corrected chi connectivity index (χ0v) is 15.4. The first-order chi connectivity index (χ1) is 11.8. The van der Waals surface area contributed by atoms with Crippen LogP contribution in [-0.2, 0) is 9.59 Å². The van der Waals surface area contributed by atoms with Crippen molar-refractivity contribution in [2.75, 3.05) is 17.2 Å². The predicted octanol–water partition coefficient (Wildman–Crippen LogP) is 1.09. The van der Waals surface area contributed by atoms with Gasteiger partial charge < -0.3 is 5.32 Å². The molecule has 7 nitrogen and oxygen atoms in total. The number of benzene rings is 1. The Balaban J connectivity index is 1.80. The second-order valence-corrected chi connectivity index (χ2v) is 8.03. The van der Waals surface area contributed by atoms with Gasteiger partial charge in [0.05, 0.1) is 17.4 Å². The van der Waals surface area contributed by atoms with Gasteiger partial charge in [-0.3, -0.25) is 19.9 Å². The molecule has 2 aliphatic heterocycles. The Morgan fingerprint density at radius 2 is 2.08 bits per heavy atom. The lowest BCUT2D eigenvalue weighted by atomic mass is 10.1. The molecule has 0 spiro atoms. The molecule has 2 unspecified atom stereocenters. The lowest BCUT2D eigenvalue weighted by molar-refractivity contribution is -0.122. The normalized spacial score (nSPS) is 23.2. The number of carbonyl (C=O) groups is 2. The van der Waals surface area contributed by atoms with E-state index in [9.17, 15) is 9.59 Å². The Hall–Kier alpha value is -1.90. The van der Waals surface area contributed by atoms with Gasteiger partial charge in [-0.1, -0.05) is 30.0 Å². The van der Waals surface area contributed by atoms with Gasteiger partial charge >= 0.3 is 0 Å². The number of fused-ring (bicyclic) bond motifs is 1. The van der Waals surface area contributed by atoms with Crippen LogP contribution in [0.1, 0.15) is 20.8 Å². The van der Waals surface area contributed by atoms with Crippen molar-refractivity contribution in [2.24, 2.45) is 10.9 Å². The van der Waals surface area contributed by atoms with Crippen LogP contribution in [0.2, 0.25) is 0 Å². The highest BCUT2D eigenvalue weighted by molar-refractivity contribution is 8.14. The van der Waals surface area contributed by atoms with Gasteiger partial charge in [-0.05, 0) is 32.9 Å². The van der Waals surface area contributed by atoms with Gasteiger partial charge in [0.2, 0.25) is 11.8 Å². The maximum atomic E-state index is 12.9. The Morgan fingerprint density at radius 3 is 2.76 bits per heavy atom. The first-order valence-electron chi connectivity index (χ1n) is 8.24. The molecule has 2 aliphatic rings. The topological polar surface area (TPSA) is 85.8 Å². The smallest absolute Gasteiger partial charge is 0.241 e. The molecule has 0 aliphatic carbocycles. The Kier molecular flexibility index (Phi) is 5.12. The van der Waals surface area contributed by atoms with Crippen molar-refractivity contribution in [3.63, 3.8) is 0 Å². The Morgan fingerprint density at radius 1 is 1.36 bits per heavy atom. The van der Waals surface area contributed by atoms with E-state index in [0.717, 1.165) is 5.69 Å². The molecule has 1 aromatic rings. The third kappa shape index (κ3) is 4.20. The number of anilines is 1. The van der Waals surface area contributed by atoms with Gasteiger partial charge in [0.1, 0.15) is 6.17 Å². The number of nitrogens with zero attached hydrogens (tertiary/aromatic N) is 2. The molecule has 25 heavy (non-hydrogen) atoms. The molecule has 2 heterocycles. The summed E-state index contributed by atoms with van der Waals surface area (Å²) < 4.78 is 0. The number of hydrogen-bond acceptors (Lipinski definition) is 6. The van der Waals surface area contributed by atoms with E-state index in [4.69, 9.17) is 0 Å². The van der Waals surface area contributed by atoms with E-state index in [-0.39, 0.29) is 35.2 Å². The summed E-state index contributed by atoms with van der Waals surface area (Å²) in [5.41, 5.74) is 6.48. The van der Waals surface area contributed by atoms with E-state index >= 15 is 0 Å². The number of thioether (sulfide) groups is 1. The van der Waals surface area contributed by atoms with Crippen LogP contribution in [0.5, 0.6) is 0 Å². The number of hydrazine groups is 1. The summed E-state index contributed by atoms with van der Waals surface area (Å²) in [6, 6.07) is 9.42. The molecule has 0 radical (unpaired) electrons. The first-order valence-corrected chi connectivity index (χ1v) is 9.23. The highest BCUT2D eigenvalue weighted by Crippen LogP contribution is 2.29.